The minimum absolute atomic E-state index is 0.559. The third-order valence-electron chi connectivity index (χ3n) is 2.46. The summed E-state index contributed by atoms with van der Waals surface area (Å²) in [5, 5.41) is 3.43. The van der Waals surface area contributed by atoms with Gasteiger partial charge in [0.15, 0.2) is 0 Å². The van der Waals surface area contributed by atoms with Crippen LogP contribution in [0.3, 0.4) is 0 Å². The third kappa shape index (κ3) is 2.07. The quantitative estimate of drug-likeness (QED) is 0.828. The van der Waals surface area contributed by atoms with Crippen molar-refractivity contribution in [3.05, 3.63) is 22.9 Å². The summed E-state index contributed by atoms with van der Waals surface area (Å²) in [6.07, 6.45) is 3.69. The minimum atomic E-state index is 0.559. The number of rotatable bonds is 1. The number of hydrogen-bond acceptors (Lipinski definition) is 3. The summed E-state index contributed by atoms with van der Waals surface area (Å²) < 4.78 is 1.08. The molecule has 2 heterocycles. The molecule has 1 atom stereocenters. The maximum Gasteiger partial charge on any atom is 0.0592 e. The lowest BCUT2D eigenvalue weighted by molar-refractivity contribution is 0.484. The van der Waals surface area contributed by atoms with Gasteiger partial charge in [-0.25, -0.2) is 0 Å². The molecule has 1 fully saturated rings. The highest BCUT2D eigenvalue weighted by atomic mass is 79.9. The average molecular weight is 256 g/mol. The van der Waals surface area contributed by atoms with Crippen molar-refractivity contribution in [1.29, 1.82) is 0 Å². The molecule has 3 nitrogen and oxygen atoms in total. The number of halogens is 1. The highest BCUT2D eigenvalue weighted by Gasteiger charge is 2.17. The molecule has 0 saturated carbocycles. The van der Waals surface area contributed by atoms with Crippen molar-refractivity contribution in [2.75, 3.05) is 24.5 Å². The number of nitrogens with zero attached hydrogens (tertiary/aromatic N) is 2. The summed E-state index contributed by atoms with van der Waals surface area (Å²) in [4.78, 5) is 6.45. The van der Waals surface area contributed by atoms with Gasteiger partial charge in [0.2, 0.25) is 0 Å². The van der Waals surface area contributed by atoms with E-state index in [-0.39, 0.29) is 0 Å². The molecule has 0 spiro atoms. The highest BCUT2D eigenvalue weighted by Crippen LogP contribution is 2.25. The summed E-state index contributed by atoms with van der Waals surface area (Å²) in [5.41, 5.74) is 1.24. The minimum Gasteiger partial charge on any atom is -0.368 e. The van der Waals surface area contributed by atoms with Crippen LogP contribution in [0.15, 0.2) is 22.9 Å². The van der Waals surface area contributed by atoms with Gasteiger partial charge in [-0.3, -0.25) is 4.98 Å². The summed E-state index contributed by atoms with van der Waals surface area (Å²) in [6, 6.07) is 2.62. The zero-order valence-electron chi connectivity index (χ0n) is 8.20. The van der Waals surface area contributed by atoms with Gasteiger partial charge in [0, 0.05) is 38.1 Å². The number of nitrogens with one attached hydrogen (secondary N) is 1. The maximum absolute atomic E-state index is 4.07. The van der Waals surface area contributed by atoms with Crippen LogP contribution in [0.2, 0.25) is 0 Å². The Balaban J connectivity index is 2.18. The summed E-state index contributed by atoms with van der Waals surface area (Å²) in [7, 11) is 0. The van der Waals surface area contributed by atoms with Crippen LogP contribution < -0.4 is 10.2 Å². The normalized spacial score (nSPS) is 22.4. The largest absolute Gasteiger partial charge is 0.368 e. The van der Waals surface area contributed by atoms with Crippen molar-refractivity contribution in [2.24, 2.45) is 0 Å². The molecule has 0 aliphatic carbocycles. The van der Waals surface area contributed by atoms with Crippen molar-refractivity contribution in [3.8, 4) is 0 Å². The van der Waals surface area contributed by atoms with E-state index in [1.54, 1.807) is 0 Å². The molecule has 1 saturated heterocycles. The monoisotopic (exact) mass is 255 g/mol. The molecule has 76 valence electrons. The van der Waals surface area contributed by atoms with E-state index in [4.69, 9.17) is 0 Å². The molecule has 0 radical (unpaired) electrons. The molecule has 1 aliphatic heterocycles. The third-order valence-corrected chi connectivity index (χ3v) is 3.07. The van der Waals surface area contributed by atoms with Gasteiger partial charge in [-0.2, -0.15) is 0 Å². The molecule has 0 bridgehead atoms. The van der Waals surface area contributed by atoms with Gasteiger partial charge in [-0.15, -0.1) is 0 Å². The van der Waals surface area contributed by atoms with E-state index in [1.807, 2.05) is 12.4 Å². The van der Waals surface area contributed by atoms with Gasteiger partial charge in [0.05, 0.1) is 10.2 Å². The molecule has 14 heavy (non-hydrogen) atoms. The van der Waals surface area contributed by atoms with Gasteiger partial charge >= 0.3 is 0 Å². The lowest BCUT2D eigenvalue weighted by Crippen LogP contribution is -2.49. The second-order valence-electron chi connectivity index (χ2n) is 3.63. The predicted octanol–water partition coefficient (Wildman–Crippen LogP) is 1.64. The van der Waals surface area contributed by atoms with E-state index in [1.165, 1.54) is 5.69 Å². The average Bonchev–Trinajstić information content (AvgIpc) is 2.18. The number of anilines is 1. The van der Waals surface area contributed by atoms with Gasteiger partial charge in [-0.1, -0.05) is 0 Å². The zero-order chi connectivity index (χ0) is 9.97. The van der Waals surface area contributed by atoms with Crippen molar-refractivity contribution in [2.45, 2.75) is 13.0 Å². The lowest BCUT2D eigenvalue weighted by atomic mass is 10.2. The van der Waals surface area contributed by atoms with Gasteiger partial charge in [-0.05, 0) is 28.9 Å². The maximum atomic E-state index is 4.07. The van der Waals surface area contributed by atoms with Crippen LogP contribution in [-0.2, 0) is 0 Å². The Kier molecular flexibility index (Phi) is 3.03. The smallest absolute Gasteiger partial charge is 0.0592 e. The zero-order valence-corrected chi connectivity index (χ0v) is 9.79. The molecule has 2 rings (SSSR count). The van der Waals surface area contributed by atoms with Crippen LogP contribution in [-0.4, -0.2) is 30.7 Å². The topological polar surface area (TPSA) is 28.2 Å². The van der Waals surface area contributed by atoms with Crippen molar-refractivity contribution in [1.82, 2.24) is 10.3 Å². The Morgan fingerprint density at radius 3 is 3.21 bits per heavy atom. The van der Waals surface area contributed by atoms with E-state index >= 15 is 0 Å². The lowest BCUT2D eigenvalue weighted by Gasteiger charge is -2.34. The SMILES string of the molecule is C[C@H]1CN(c2ccncc2Br)CCN1. The van der Waals surface area contributed by atoms with E-state index < -0.39 is 0 Å². The summed E-state index contributed by atoms with van der Waals surface area (Å²) >= 11 is 3.53. The Morgan fingerprint density at radius 1 is 1.64 bits per heavy atom. The van der Waals surface area contributed by atoms with E-state index in [2.05, 4.69) is 44.1 Å². The van der Waals surface area contributed by atoms with E-state index in [0.717, 1.165) is 24.1 Å². The fraction of sp³-hybridized carbons (Fsp3) is 0.500. The second kappa shape index (κ2) is 4.28. The first-order valence-electron chi connectivity index (χ1n) is 4.85. The number of hydrogen-bond donors (Lipinski definition) is 1. The molecule has 4 heteroatoms. The Bertz CT molecular complexity index is 316. The van der Waals surface area contributed by atoms with Crippen LogP contribution in [0.25, 0.3) is 0 Å². The Hall–Kier alpha value is -0.610. The van der Waals surface area contributed by atoms with Crippen molar-refractivity contribution < 1.29 is 0 Å². The predicted molar refractivity (Wildman–Crippen MR) is 61.6 cm³/mol. The number of pyridine rings is 1. The Morgan fingerprint density at radius 2 is 2.50 bits per heavy atom. The van der Waals surface area contributed by atoms with Crippen molar-refractivity contribution in [3.63, 3.8) is 0 Å². The first-order valence-corrected chi connectivity index (χ1v) is 5.64. The summed E-state index contributed by atoms with van der Waals surface area (Å²) in [5.74, 6) is 0. The summed E-state index contributed by atoms with van der Waals surface area (Å²) in [6.45, 7) is 5.38. The highest BCUT2D eigenvalue weighted by molar-refractivity contribution is 9.10. The molecule has 1 aromatic heterocycles. The molecule has 1 N–H and O–H groups in total. The van der Waals surface area contributed by atoms with Crippen LogP contribution in [0.4, 0.5) is 5.69 Å². The molecule has 1 aliphatic rings. The molecule has 1 aromatic rings. The number of aromatic nitrogens is 1. The molecule has 0 amide bonds. The molecule has 0 unspecified atom stereocenters. The standard InChI is InChI=1S/C10H14BrN3/c1-8-7-14(5-4-13-8)10-2-3-12-6-9(10)11/h2-3,6,8,13H,4-5,7H2,1H3/t8-/m0/s1. The number of piperazine rings is 1. The van der Waals surface area contributed by atoms with E-state index in [9.17, 15) is 0 Å². The molecular formula is C10H14BrN3. The van der Waals surface area contributed by atoms with Crippen LogP contribution >= 0.6 is 15.9 Å². The van der Waals surface area contributed by atoms with E-state index in [0.29, 0.717) is 6.04 Å². The fourth-order valence-corrected chi connectivity index (χ4v) is 2.28. The first kappa shape index (κ1) is 9.93. The Labute approximate surface area is 92.6 Å². The van der Waals surface area contributed by atoms with Crippen molar-refractivity contribution >= 4 is 21.6 Å². The fourth-order valence-electron chi connectivity index (χ4n) is 1.78. The van der Waals surface area contributed by atoms with Gasteiger partial charge in [0.1, 0.15) is 0 Å². The van der Waals surface area contributed by atoms with Gasteiger partial charge in [0.25, 0.3) is 0 Å². The van der Waals surface area contributed by atoms with Crippen LogP contribution in [0.5, 0.6) is 0 Å². The molecular weight excluding hydrogens is 242 g/mol. The second-order valence-corrected chi connectivity index (χ2v) is 4.48. The van der Waals surface area contributed by atoms with Crippen LogP contribution in [0, 0.1) is 0 Å². The van der Waals surface area contributed by atoms with Crippen LogP contribution in [0.1, 0.15) is 6.92 Å². The van der Waals surface area contributed by atoms with Gasteiger partial charge < -0.3 is 10.2 Å². The molecule has 0 aromatic carbocycles. The first-order chi connectivity index (χ1) is 6.77.